The number of anilines is 1. The molecule has 0 aromatic heterocycles. The quantitative estimate of drug-likeness (QED) is 0.465. The second-order valence-corrected chi connectivity index (χ2v) is 7.77. The average Bonchev–Trinajstić information content (AvgIpc) is 2.74. The van der Waals surface area contributed by atoms with Crippen LogP contribution in [-0.2, 0) is 11.2 Å². The van der Waals surface area contributed by atoms with Crippen molar-refractivity contribution in [2.75, 3.05) is 18.5 Å². The maximum atomic E-state index is 12.6. The summed E-state index contributed by atoms with van der Waals surface area (Å²) in [5.74, 6) is -0.237. The highest BCUT2D eigenvalue weighted by Gasteiger charge is 2.13. The molecule has 5 nitrogen and oxygen atoms in total. The van der Waals surface area contributed by atoms with E-state index in [0.717, 1.165) is 16.5 Å². The fourth-order valence-corrected chi connectivity index (χ4v) is 3.50. The number of carbonyl (C=O) groups is 2. The zero-order valence-corrected chi connectivity index (χ0v) is 18.4. The Morgan fingerprint density at radius 2 is 1.70 bits per heavy atom. The zero-order valence-electron chi connectivity index (χ0n) is 16.0. The van der Waals surface area contributed by atoms with Crippen LogP contribution in [0.15, 0.2) is 77.3 Å². The van der Waals surface area contributed by atoms with Gasteiger partial charge in [-0.25, -0.2) is 0 Å². The van der Waals surface area contributed by atoms with Gasteiger partial charge < -0.3 is 15.4 Å². The highest BCUT2D eigenvalue weighted by Crippen LogP contribution is 2.27. The molecule has 2 N–H and O–H groups in total. The number of nitrogens with one attached hydrogen (secondary N) is 2. The summed E-state index contributed by atoms with van der Waals surface area (Å²) < 4.78 is 6.29. The first kappa shape index (κ1) is 21.9. The van der Waals surface area contributed by atoms with E-state index in [9.17, 15) is 9.59 Å². The lowest BCUT2D eigenvalue weighted by atomic mass is 10.1. The van der Waals surface area contributed by atoms with Gasteiger partial charge in [-0.1, -0.05) is 70.0 Å². The van der Waals surface area contributed by atoms with E-state index in [2.05, 4.69) is 26.6 Å². The van der Waals surface area contributed by atoms with Crippen LogP contribution in [0.1, 0.15) is 15.9 Å². The maximum absolute atomic E-state index is 12.6. The van der Waals surface area contributed by atoms with Gasteiger partial charge >= 0.3 is 0 Å². The Balaban J connectivity index is 1.56. The SMILES string of the molecule is O=C(COc1ccc(Br)cc1Cl)Nc1ccccc1C(=O)NCCc1ccccc1. The van der Waals surface area contributed by atoms with Gasteiger partial charge in [-0.3, -0.25) is 9.59 Å². The Morgan fingerprint density at radius 1 is 0.967 bits per heavy atom. The predicted molar refractivity (Wildman–Crippen MR) is 122 cm³/mol. The fourth-order valence-electron chi connectivity index (χ4n) is 2.77. The second kappa shape index (κ2) is 10.8. The molecule has 3 aromatic carbocycles. The summed E-state index contributed by atoms with van der Waals surface area (Å²) >= 11 is 9.41. The lowest BCUT2D eigenvalue weighted by molar-refractivity contribution is -0.118. The lowest BCUT2D eigenvalue weighted by Gasteiger charge is -2.12. The fraction of sp³-hybridized carbons (Fsp3) is 0.130. The van der Waals surface area contributed by atoms with Gasteiger partial charge in [0.05, 0.1) is 16.3 Å². The molecule has 0 atom stereocenters. The Labute approximate surface area is 188 Å². The molecule has 3 aromatic rings. The normalized spacial score (nSPS) is 10.3. The number of rotatable bonds is 8. The molecule has 0 fully saturated rings. The summed E-state index contributed by atoms with van der Waals surface area (Å²) in [6, 6.07) is 21.9. The first-order chi connectivity index (χ1) is 14.5. The third-order valence-electron chi connectivity index (χ3n) is 4.24. The number of ether oxygens (including phenoxy) is 1. The largest absolute Gasteiger partial charge is 0.482 e. The van der Waals surface area contributed by atoms with Crippen LogP contribution < -0.4 is 15.4 Å². The molecule has 0 saturated heterocycles. The molecule has 0 radical (unpaired) electrons. The Kier molecular flexibility index (Phi) is 7.88. The van der Waals surface area contributed by atoms with Gasteiger partial charge in [-0.05, 0) is 42.3 Å². The van der Waals surface area contributed by atoms with Crippen LogP contribution in [0.25, 0.3) is 0 Å². The molecule has 30 heavy (non-hydrogen) atoms. The van der Waals surface area contributed by atoms with Crippen LogP contribution in [0.4, 0.5) is 5.69 Å². The number of carbonyl (C=O) groups excluding carboxylic acids is 2. The standard InChI is InChI=1S/C23H20BrClN2O3/c24-17-10-11-21(19(25)14-17)30-15-22(28)27-20-9-5-4-8-18(20)23(29)26-13-12-16-6-2-1-3-7-16/h1-11,14H,12-13,15H2,(H,26,29)(H,27,28). The highest BCUT2D eigenvalue weighted by molar-refractivity contribution is 9.10. The van der Waals surface area contributed by atoms with Crippen molar-refractivity contribution in [1.82, 2.24) is 5.32 Å². The van der Waals surface area contributed by atoms with E-state index in [0.29, 0.717) is 28.6 Å². The number of hydrogen-bond acceptors (Lipinski definition) is 3. The molecule has 0 aliphatic heterocycles. The molecule has 0 heterocycles. The third kappa shape index (κ3) is 6.34. The molecule has 3 rings (SSSR count). The summed E-state index contributed by atoms with van der Waals surface area (Å²) in [4.78, 5) is 24.9. The maximum Gasteiger partial charge on any atom is 0.262 e. The first-order valence-corrected chi connectivity index (χ1v) is 10.5. The number of para-hydroxylation sites is 1. The van der Waals surface area contributed by atoms with Gasteiger partial charge in [0.15, 0.2) is 6.61 Å². The Hall–Kier alpha value is -2.83. The van der Waals surface area contributed by atoms with Crippen molar-refractivity contribution in [3.05, 3.63) is 93.4 Å². The van der Waals surface area contributed by atoms with E-state index in [-0.39, 0.29) is 12.5 Å². The van der Waals surface area contributed by atoms with Crippen LogP contribution in [0.2, 0.25) is 5.02 Å². The van der Waals surface area contributed by atoms with Crippen LogP contribution in [0, 0.1) is 0 Å². The summed E-state index contributed by atoms with van der Waals surface area (Å²) in [6.45, 7) is 0.265. The van der Waals surface area contributed by atoms with Crippen molar-refractivity contribution in [3.63, 3.8) is 0 Å². The van der Waals surface area contributed by atoms with Crippen molar-refractivity contribution in [3.8, 4) is 5.75 Å². The minimum absolute atomic E-state index is 0.231. The van der Waals surface area contributed by atoms with E-state index in [1.165, 1.54) is 0 Å². The van der Waals surface area contributed by atoms with E-state index in [4.69, 9.17) is 16.3 Å². The van der Waals surface area contributed by atoms with Crippen LogP contribution in [-0.4, -0.2) is 25.0 Å². The van der Waals surface area contributed by atoms with Gasteiger partial charge in [0, 0.05) is 11.0 Å². The molecule has 0 aliphatic carbocycles. The molecule has 0 aliphatic rings. The van der Waals surface area contributed by atoms with Gasteiger partial charge in [0.1, 0.15) is 5.75 Å². The van der Waals surface area contributed by atoms with E-state index < -0.39 is 5.91 Å². The second-order valence-electron chi connectivity index (χ2n) is 6.45. The van der Waals surface area contributed by atoms with Crippen LogP contribution >= 0.6 is 27.5 Å². The first-order valence-electron chi connectivity index (χ1n) is 9.32. The van der Waals surface area contributed by atoms with Gasteiger partial charge in [0.25, 0.3) is 11.8 Å². The number of amides is 2. The predicted octanol–water partition coefficient (Wildman–Crippen LogP) is 5.09. The summed E-state index contributed by atoms with van der Waals surface area (Å²) in [6.07, 6.45) is 0.725. The van der Waals surface area contributed by atoms with E-state index in [1.54, 1.807) is 42.5 Å². The minimum Gasteiger partial charge on any atom is -0.482 e. The van der Waals surface area contributed by atoms with Crippen molar-refractivity contribution < 1.29 is 14.3 Å². The monoisotopic (exact) mass is 486 g/mol. The molecule has 0 spiro atoms. The average molecular weight is 488 g/mol. The van der Waals surface area contributed by atoms with Crippen LogP contribution in [0.3, 0.4) is 0 Å². The molecule has 0 bridgehead atoms. The van der Waals surface area contributed by atoms with Crippen molar-refractivity contribution in [2.45, 2.75) is 6.42 Å². The number of halogens is 2. The summed E-state index contributed by atoms with van der Waals surface area (Å²) in [5, 5.41) is 6.01. The minimum atomic E-state index is -0.390. The van der Waals surface area contributed by atoms with Gasteiger partial charge in [-0.15, -0.1) is 0 Å². The van der Waals surface area contributed by atoms with E-state index >= 15 is 0 Å². The van der Waals surface area contributed by atoms with Crippen molar-refractivity contribution >= 4 is 45.0 Å². The van der Waals surface area contributed by atoms with Gasteiger partial charge in [-0.2, -0.15) is 0 Å². The number of hydrogen-bond donors (Lipinski definition) is 2. The van der Waals surface area contributed by atoms with Crippen molar-refractivity contribution in [1.29, 1.82) is 0 Å². The molecule has 154 valence electrons. The molecule has 0 saturated carbocycles. The van der Waals surface area contributed by atoms with Gasteiger partial charge in [0.2, 0.25) is 0 Å². The number of benzene rings is 3. The van der Waals surface area contributed by atoms with Crippen LogP contribution in [0.5, 0.6) is 5.75 Å². The lowest BCUT2D eigenvalue weighted by Crippen LogP contribution is -2.28. The highest BCUT2D eigenvalue weighted by atomic mass is 79.9. The molecular weight excluding hydrogens is 468 g/mol. The topological polar surface area (TPSA) is 67.4 Å². The van der Waals surface area contributed by atoms with E-state index in [1.807, 2.05) is 30.3 Å². The smallest absolute Gasteiger partial charge is 0.262 e. The molecular formula is C23H20BrClN2O3. The van der Waals surface area contributed by atoms with Crippen molar-refractivity contribution in [2.24, 2.45) is 0 Å². The summed E-state index contributed by atoms with van der Waals surface area (Å²) in [5.41, 5.74) is 1.95. The summed E-state index contributed by atoms with van der Waals surface area (Å²) in [7, 11) is 0. The third-order valence-corrected chi connectivity index (χ3v) is 5.03. The molecule has 2 amide bonds. The Morgan fingerprint density at radius 3 is 2.47 bits per heavy atom. The Bertz CT molecular complexity index is 1030. The zero-order chi connectivity index (χ0) is 21.3. The molecule has 0 unspecified atom stereocenters. The molecule has 7 heteroatoms.